The molecular weight excluding hydrogens is 254 g/mol. The van der Waals surface area contributed by atoms with E-state index in [-0.39, 0.29) is 0 Å². The van der Waals surface area contributed by atoms with Gasteiger partial charge in [-0.2, -0.15) is 0 Å². The van der Waals surface area contributed by atoms with Crippen LogP contribution in [0.25, 0.3) is 0 Å². The summed E-state index contributed by atoms with van der Waals surface area (Å²) in [6.07, 6.45) is 0.985. The maximum atomic E-state index is 5.37. The molecule has 1 heterocycles. The number of aryl methyl sites for hydroxylation is 1. The Labute approximate surface area is 119 Å². The SMILES string of the molecule is COc1ccccc1CCNC(C)c1sccc1C. The molecule has 0 aliphatic rings. The van der Waals surface area contributed by atoms with Gasteiger partial charge in [-0.1, -0.05) is 18.2 Å². The van der Waals surface area contributed by atoms with Crippen LogP contribution >= 0.6 is 11.3 Å². The Bertz CT molecular complexity index is 521. The summed E-state index contributed by atoms with van der Waals surface area (Å²) >= 11 is 1.82. The molecule has 3 heteroatoms. The zero-order chi connectivity index (χ0) is 13.7. The van der Waals surface area contributed by atoms with Crippen LogP contribution in [0.1, 0.15) is 29.0 Å². The van der Waals surface area contributed by atoms with Crippen molar-refractivity contribution < 1.29 is 4.74 Å². The lowest BCUT2D eigenvalue weighted by atomic mass is 10.1. The van der Waals surface area contributed by atoms with Gasteiger partial charge in [0.1, 0.15) is 5.75 Å². The van der Waals surface area contributed by atoms with Crippen molar-refractivity contribution in [3.63, 3.8) is 0 Å². The van der Waals surface area contributed by atoms with Gasteiger partial charge in [0.05, 0.1) is 7.11 Å². The Hall–Kier alpha value is -1.32. The van der Waals surface area contributed by atoms with Gasteiger partial charge in [-0.05, 0) is 55.5 Å². The fourth-order valence-electron chi connectivity index (χ4n) is 2.25. The van der Waals surface area contributed by atoms with Crippen molar-refractivity contribution in [3.8, 4) is 5.75 Å². The molecule has 19 heavy (non-hydrogen) atoms. The second-order valence-corrected chi connectivity index (χ2v) is 5.65. The number of hydrogen-bond acceptors (Lipinski definition) is 3. The third-order valence-corrected chi connectivity index (χ3v) is 4.53. The minimum absolute atomic E-state index is 0.412. The smallest absolute Gasteiger partial charge is 0.122 e. The number of methoxy groups -OCH3 is 1. The van der Waals surface area contributed by atoms with Gasteiger partial charge in [-0.25, -0.2) is 0 Å². The number of rotatable bonds is 6. The first-order valence-electron chi connectivity index (χ1n) is 6.61. The van der Waals surface area contributed by atoms with E-state index in [9.17, 15) is 0 Å². The second kappa shape index (κ2) is 6.73. The predicted molar refractivity (Wildman–Crippen MR) is 82.2 cm³/mol. The number of nitrogens with one attached hydrogen (secondary N) is 1. The summed E-state index contributed by atoms with van der Waals surface area (Å²) in [6, 6.07) is 10.8. The standard InChI is InChI=1S/C16H21NOS/c1-12-9-11-19-16(12)13(2)17-10-8-14-6-4-5-7-15(14)18-3/h4-7,9,11,13,17H,8,10H2,1-3H3. The maximum absolute atomic E-state index is 5.37. The molecule has 2 nitrogen and oxygen atoms in total. The van der Waals surface area contributed by atoms with Crippen LogP contribution in [-0.4, -0.2) is 13.7 Å². The first-order chi connectivity index (χ1) is 9.22. The van der Waals surface area contributed by atoms with E-state index in [1.54, 1.807) is 7.11 Å². The fourth-order valence-corrected chi connectivity index (χ4v) is 3.21. The van der Waals surface area contributed by atoms with Crippen LogP contribution in [0.3, 0.4) is 0 Å². The number of hydrogen-bond donors (Lipinski definition) is 1. The van der Waals surface area contributed by atoms with Gasteiger partial charge >= 0.3 is 0 Å². The van der Waals surface area contributed by atoms with E-state index in [0.717, 1.165) is 18.7 Å². The quantitative estimate of drug-likeness (QED) is 0.861. The lowest BCUT2D eigenvalue weighted by Crippen LogP contribution is -2.21. The highest BCUT2D eigenvalue weighted by Crippen LogP contribution is 2.23. The third kappa shape index (κ3) is 3.58. The second-order valence-electron chi connectivity index (χ2n) is 4.71. The van der Waals surface area contributed by atoms with Gasteiger partial charge in [-0.15, -0.1) is 11.3 Å². The van der Waals surface area contributed by atoms with E-state index in [0.29, 0.717) is 6.04 Å². The van der Waals surface area contributed by atoms with E-state index >= 15 is 0 Å². The van der Waals surface area contributed by atoms with E-state index in [1.165, 1.54) is 16.0 Å². The van der Waals surface area contributed by atoms with Gasteiger partial charge in [0.25, 0.3) is 0 Å². The van der Waals surface area contributed by atoms with Gasteiger partial charge in [0.2, 0.25) is 0 Å². The average molecular weight is 275 g/mol. The normalized spacial score (nSPS) is 12.4. The Morgan fingerprint density at radius 3 is 2.74 bits per heavy atom. The highest BCUT2D eigenvalue weighted by Gasteiger charge is 2.09. The number of benzene rings is 1. The molecule has 0 fully saturated rings. The highest BCUT2D eigenvalue weighted by molar-refractivity contribution is 7.10. The van der Waals surface area contributed by atoms with Gasteiger partial charge in [0.15, 0.2) is 0 Å². The maximum Gasteiger partial charge on any atom is 0.122 e. The number of para-hydroxylation sites is 1. The van der Waals surface area contributed by atoms with Crippen LogP contribution in [0.2, 0.25) is 0 Å². The summed E-state index contributed by atoms with van der Waals surface area (Å²) in [5, 5.41) is 5.74. The molecule has 0 bridgehead atoms. The van der Waals surface area contributed by atoms with E-state index < -0.39 is 0 Å². The molecule has 0 spiro atoms. The largest absolute Gasteiger partial charge is 0.496 e. The molecule has 1 N–H and O–H groups in total. The van der Waals surface area contributed by atoms with Crippen molar-refractivity contribution in [2.45, 2.75) is 26.3 Å². The summed E-state index contributed by atoms with van der Waals surface area (Å²) in [5.41, 5.74) is 2.63. The van der Waals surface area contributed by atoms with E-state index in [4.69, 9.17) is 4.74 Å². The van der Waals surface area contributed by atoms with Gasteiger partial charge < -0.3 is 10.1 Å². The van der Waals surface area contributed by atoms with Crippen molar-refractivity contribution in [1.29, 1.82) is 0 Å². The van der Waals surface area contributed by atoms with Crippen LogP contribution in [0.4, 0.5) is 0 Å². The number of thiophene rings is 1. The van der Waals surface area contributed by atoms with Crippen LogP contribution < -0.4 is 10.1 Å². The van der Waals surface area contributed by atoms with Crippen LogP contribution in [0, 0.1) is 6.92 Å². The summed E-state index contributed by atoms with van der Waals surface area (Å²) in [7, 11) is 1.73. The molecule has 1 aromatic heterocycles. The molecule has 0 radical (unpaired) electrons. The summed E-state index contributed by atoms with van der Waals surface area (Å²) in [4.78, 5) is 1.43. The van der Waals surface area contributed by atoms with Gasteiger partial charge in [-0.3, -0.25) is 0 Å². The van der Waals surface area contributed by atoms with Crippen LogP contribution in [0.5, 0.6) is 5.75 Å². The average Bonchev–Trinajstić information content (AvgIpc) is 2.85. The first-order valence-corrected chi connectivity index (χ1v) is 7.49. The first kappa shape index (κ1) is 14.1. The summed E-state index contributed by atoms with van der Waals surface area (Å²) in [5.74, 6) is 0.976. The number of ether oxygens (including phenoxy) is 1. The molecule has 1 aromatic carbocycles. The molecule has 2 rings (SSSR count). The monoisotopic (exact) mass is 275 g/mol. The molecule has 1 atom stereocenters. The van der Waals surface area contributed by atoms with Crippen LogP contribution in [0.15, 0.2) is 35.7 Å². The van der Waals surface area contributed by atoms with E-state index in [1.807, 2.05) is 23.5 Å². The summed E-state index contributed by atoms with van der Waals surface area (Å²) in [6.45, 7) is 5.35. The Kier molecular flexibility index (Phi) is 5.00. The van der Waals surface area contributed by atoms with Crippen molar-refractivity contribution >= 4 is 11.3 Å². The predicted octanol–water partition coefficient (Wildman–Crippen LogP) is 3.96. The molecule has 0 saturated heterocycles. The molecule has 0 aliphatic carbocycles. The van der Waals surface area contributed by atoms with Crippen molar-refractivity contribution in [2.24, 2.45) is 0 Å². The molecule has 0 saturated carbocycles. The van der Waals surface area contributed by atoms with Crippen molar-refractivity contribution in [2.75, 3.05) is 13.7 Å². The molecule has 102 valence electrons. The lowest BCUT2D eigenvalue weighted by Gasteiger charge is -2.14. The molecule has 0 amide bonds. The zero-order valence-corrected chi connectivity index (χ0v) is 12.6. The Morgan fingerprint density at radius 1 is 1.26 bits per heavy atom. The van der Waals surface area contributed by atoms with Crippen LogP contribution in [-0.2, 0) is 6.42 Å². The van der Waals surface area contributed by atoms with Crippen molar-refractivity contribution in [3.05, 3.63) is 51.7 Å². The highest BCUT2D eigenvalue weighted by atomic mass is 32.1. The van der Waals surface area contributed by atoms with Gasteiger partial charge in [0, 0.05) is 10.9 Å². The zero-order valence-electron chi connectivity index (χ0n) is 11.8. The topological polar surface area (TPSA) is 21.3 Å². The third-order valence-electron chi connectivity index (χ3n) is 3.33. The van der Waals surface area contributed by atoms with E-state index in [2.05, 4.69) is 42.7 Å². The Morgan fingerprint density at radius 2 is 2.05 bits per heavy atom. The Balaban J connectivity index is 1.88. The van der Waals surface area contributed by atoms with Crippen molar-refractivity contribution in [1.82, 2.24) is 5.32 Å². The molecule has 0 aliphatic heterocycles. The fraction of sp³-hybridized carbons (Fsp3) is 0.375. The molecule has 1 unspecified atom stereocenters. The molecule has 2 aromatic rings. The minimum atomic E-state index is 0.412. The molecular formula is C16H21NOS. The lowest BCUT2D eigenvalue weighted by molar-refractivity contribution is 0.408. The summed E-state index contributed by atoms with van der Waals surface area (Å²) < 4.78 is 5.37. The minimum Gasteiger partial charge on any atom is -0.496 e.